The summed E-state index contributed by atoms with van der Waals surface area (Å²) in [5.74, 6) is -5.00. The molecule has 0 bridgehead atoms. The number of aliphatic hydroxyl groups excluding tert-OH is 2. The van der Waals surface area contributed by atoms with Gasteiger partial charge in [-0.15, -0.1) is 0 Å². The van der Waals surface area contributed by atoms with Crippen molar-refractivity contribution in [1.29, 1.82) is 0 Å². The van der Waals surface area contributed by atoms with Crippen LogP contribution in [-0.2, 0) is 19.7 Å². The minimum absolute atomic E-state index is 0. The van der Waals surface area contributed by atoms with E-state index in [-0.39, 0.29) is 55.6 Å². The van der Waals surface area contributed by atoms with Gasteiger partial charge in [0, 0.05) is 26.1 Å². The molecule has 0 aliphatic carbocycles. The Hall–Kier alpha value is -2.07. The molecule has 0 heterocycles. The number of carbonyl (C=O) groups is 4. The van der Waals surface area contributed by atoms with Crippen LogP contribution in [0, 0.1) is 0 Å². The molecule has 0 saturated heterocycles. The number of carbonyl (C=O) groups excluding carboxylic acids is 1. The molecule has 0 spiro atoms. The van der Waals surface area contributed by atoms with Gasteiger partial charge in [-0.1, -0.05) is 12.8 Å². The molecule has 1 aromatic carbocycles. The fourth-order valence-corrected chi connectivity index (χ4v) is 2.67. The third kappa shape index (κ3) is 22.2. The van der Waals surface area contributed by atoms with Crippen molar-refractivity contribution >= 4 is 34.0 Å². The molecule has 0 atom stereocenters. The second kappa shape index (κ2) is 21.2. The predicted molar refractivity (Wildman–Crippen MR) is 114 cm³/mol. The van der Waals surface area contributed by atoms with Gasteiger partial charge in [0.15, 0.2) is 0 Å². The molecule has 0 unspecified atom stereocenters. The molecule has 0 fully saturated rings. The summed E-state index contributed by atoms with van der Waals surface area (Å²) in [7, 11) is -4.67. The van der Waals surface area contributed by atoms with Crippen LogP contribution in [-0.4, -0.2) is 75.6 Å². The second-order valence-corrected chi connectivity index (χ2v) is 8.09. The largest absolute Gasteiger partial charge is 1.00 e. The number of aliphatic carboxylic acids is 2. The minimum atomic E-state index is -4.67. The Labute approximate surface area is 224 Å². The van der Waals surface area contributed by atoms with Crippen LogP contribution in [0.2, 0.25) is 0 Å². The van der Waals surface area contributed by atoms with Crippen LogP contribution in [0.1, 0.15) is 72.1 Å². The van der Waals surface area contributed by atoms with Gasteiger partial charge in [0.05, 0.1) is 16.4 Å². The minimum Gasteiger partial charge on any atom is -0.545 e. The third-order valence-electron chi connectivity index (χ3n) is 3.78. The van der Waals surface area contributed by atoms with E-state index in [1.165, 1.54) is 0 Å². The standard InChI is InChI=1S/C8H6O7S.C6H10O4.C6H14O2.Na/c9-7(10)4-1-5(8(11)12)3-6(2-4)16(13,14)15;7-5(8)3-1-2-4-6(9)10;7-5-3-1-2-4-6-8;/h1-3H,(H,9,10)(H,11,12)(H,13,14,15);1-4H2,(H,7,8)(H,9,10);7-8H,1-6H2;/q;;;+1/p-1. The molecular formula is C20H29NaO13S. The molecule has 0 radical (unpaired) electrons. The number of carboxylic acids is 4. The monoisotopic (exact) mass is 532 g/mol. The Morgan fingerprint density at radius 2 is 1.11 bits per heavy atom. The number of benzene rings is 1. The molecular weight excluding hydrogens is 503 g/mol. The summed E-state index contributed by atoms with van der Waals surface area (Å²) < 4.78 is 30.1. The number of aliphatic hydroxyl groups is 2. The molecule has 1 aromatic rings. The zero-order chi connectivity index (χ0) is 26.7. The first-order valence-corrected chi connectivity index (χ1v) is 11.4. The summed E-state index contributed by atoms with van der Waals surface area (Å²) in [4.78, 5) is 40.0. The number of hydrogen-bond donors (Lipinski definition) is 6. The fourth-order valence-electron chi connectivity index (χ4n) is 2.12. The summed E-state index contributed by atoms with van der Waals surface area (Å²) >= 11 is 0. The number of hydrogen-bond acceptors (Lipinski definition) is 9. The van der Waals surface area contributed by atoms with Crippen LogP contribution in [0.15, 0.2) is 23.1 Å². The second-order valence-electron chi connectivity index (χ2n) is 6.67. The van der Waals surface area contributed by atoms with Crippen molar-refractivity contribution in [3.8, 4) is 0 Å². The first-order chi connectivity index (χ1) is 15.8. The first-order valence-electron chi connectivity index (χ1n) is 9.98. The van der Waals surface area contributed by atoms with E-state index in [0.717, 1.165) is 31.7 Å². The van der Waals surface area contributed by atoms with Crippen molar-refractivity contribution in [3.05, 3.63) is 29.3 Å². The molecule has 0 aliphatic heterocycles. The van der Waals surface area contributed by atoms with E-state index >= 15 is 0 Å². The van der Waals surface area contributed by atoms with E-state index < -0.39 is 50.0 Å². The van der Waals surface area contributed by atoms with E-state index in [0.29, 0.717) is 25.0 Å². The van der Waals surface area contributed by atoms with Gasteiger partial charge in [-0.3, -0.25) is 14.1 Å². The molecule has 6 N–H and O–H groups in total. The quantitative estimate of drug-likeness (QED) is 0.0857. The van der Waals surface area contributed by atoms with Gasteiger partial charge in [0.1, 0.15) is 0 Å². The van der Waals surface area contributed by atoms with Crippen LogP contribution < -0.4 is 34.7 Å². The normalized spacial score (nSPS) is 9.91. The van der Waals surface area contributed by atoms with Crippen molar-refractivity contribution in [2.24, 2.45) is 0 Å². The van der Waals surface area contributed by atoms with Gasteiger partial charge < -0.3 is 35.4 Å². The van der Waals surface area contributed by atoms with Gasteiger partial charge in [-0.2, -0.15) is 8.42 Å². The van der Waals surface area contributed by atoms with E-state index in [2.05, 4.69) is 0 Å². The zero-order valence-corrected chi connectivity index (χ0v) is 22.1. The Balaban J connectivity index is -0.000000468. The van der Waals surface area contributed by atoms with Gasteiger partial charge in [-0.05, 0) is 49.4 Å². The van der Waals surface area contributed by atoms with E-state index in [1.54, 1.807) is 0 Å². The third-order valence-corrected chi connectivity index (χ3v) is 4.62. The molecule has 194 valence electrons. The average Bonchev–Trinajstić information content (AvgIpc) is 2.74. The maximum Gasteiger partial charge on any atom is 1.00 e. The first kappa shape index (κ1) is 37.5. The molecule has 35 heavy (non-hydrogen) atoms. The van der Waals surface area contributed by atoms with Gasteiger partial charge in [0.2, 0.25) is 0 Å². The number of carboxylic acid groups (broad SMARTS) is 4. The van der Waals surface area contributed by atoms with Crippen LogP contribution in [0.3, 0.4) is 0 Å². The summed E-state index contributed by atoms with van der Waals surface area (Å²) in [6.45, 7) is 0.566. The van der Waals surface area contributed by atoms with Gasteiger partial charge in [0.25, 0.3) is 10.1 Å². The SMILES string of the molecule is O=C(O)CCCCC(=O)O.O=C([O-])c1cc(C(=O)O)cc(S(=O)(=O)O)c1.OCCCCCCO.[Na+]. The molecule has 13 nitrogen and oxygen atoms in total. The van der Waals surface area contributed by atoms with E-state index in [1.807, 2.05) is 0 Å². The number of aromatic carboxylic acids is 2. The molecule has 0 aliphatic rings. The maximum atomic E-state index is 10.7. The van der Waals surface area contributed by atoms with Crippen molar-refractivity contribution < 1.29 is 92.3 Å². The summed E-state index contributed by atoms with van der Waals surface area (Å²) in [6, 6.07) is 1.98. The van der Waals surface area contributed by atoms with E-state index in [4.69, 9.17) is 30.1 Å². The summed E-state index contributed by atoms with van der Waals surface area (Å²) in [6.07, 6.45) is 4.85. The average molecular weight is 532 g/mol. The number of unbranched alkanes of at least 4 members (excludes halogenated alkanes) is 4. The molecule has 1 rings (SSSR count). The zero-order valence-electron chi connectivity index (χ0n) is 19.3. The van der Waals surface area contributed by atoms with Crippen LogP contribution in [0.5, 0.6) is 0 Å². The van der Waals surface area contributed by atoms with Crippen LogP contribution in [0.25, 0.3) is 0 Å². The molecule has 0 aromatic heterocycles. The Morgan fingerprint density at radius 3 is 1.40 bits per heavy atom. The van der Waals surface area contributed by atoms with Gasteiger partial charge in [-0.25, -0.2) is 4.79 Å². The maximum absolute atomic E-state index is 10.7. The van der Waals surface area contributed by atoms with Crippen molar-refractivity contribution in [2.45, 2.75) is 56.3 Å². The van der Waals surface area contributed by atoms with E-state index in [9.17, 15) is 32.7 Å². The van der Waals surface area contributed by atoms with Crippen LogP contribution in [0.4, 0.5) is 0 Å². The van der Waals surface area contributed by atoms with Crippen molar-refractivity contribution in [1.82, 2.24) is 0 Å². The fraction of sp³-hybridized carbons (Fsp3) is 0.500. The summed E-state index contributed by atoms with van der Waals surface area (Å²) in [5, 5.41) is 51.9. The smallest absolute Gasteiger partial charge is 0.545 e. The number of rotatable bonds is 13. The van der Waals surface area contributed by atoms with Crippen molar-refractivity contribution in [2.75, 3.05) is 13.2 Å². The Morgan fingerprint density at radius 1 is 0.714 bits per heavy atom. The van der Waals surface area contributed by atoms with Crippen molar-refractivity contribution in [3.63, 3.8) is 0 Å². The van der Waals surface area contributed by atoms with Crippen LogP contribution >= 0.6 is 0 Å². The predicted octanol–water partition coefficient (Wildman–Crippen LogP) is -2.75. The Kier molecular flexibility index (Phi) is 22.7. The molecule has 0 saturated carbocycles. The molecule has 15 heteroatoms. The topological polar surface area (TPSA) is 247 Å². The van der Waals surface area contributed by atoms with Gasteiger partial charge >= 0.3 is 47.5 Å². The summed E-state index contributed by atoms with van der Waals surface area (Å²) in [5.41, 5.74) is -1.22. The molecule has 0 amide bonds. The Bertz CT molecular complexity index is 846.